The largest absolute Gasteiger partial charge is 0.379 e. The third-order valence-corrected chi connectivity index (χ3v) is 5.69. The number of ether oxygens (including phenoxy) is 1. The topological polar surface area (TPSA) is 32.8 Å². The van der Waals surface area contributed by atoms with E-state index in [9.17, 15) is 4.79 Å². The van der Waals surface area contributed by atoms with Crippen LogP contribution in [0, 0.1) is 19.8 Å². The van der Waals surface area contributed by atoms with E-state index in [1.165, 1.54) is 18.5 Å². The molecule has 4 nitrogen and oxygen atoms in total. The molecule has 0 N–H and O–H groups in total. The van der Waals surface area contributed by atoms with Crippen LogP contribution in [0.5, 0.6) is 0 Å². The van der Waals surface area contributed by atoms with E-state index in [1.54, 1.807) is 0 Å². The van der Waals surface area contributed by atoms with Gasteiger partial charge in [0.2, 0.25) is 0 Å². The number of benzene rings is 1. The third kappa shape index (κ3) is 4.17. The Kier molecular flexibility index (Phi) is 5.90. The maximum atomic E-state index is 12.8. The minimum Gasteiger partial charge on any atom is -0.379 e. The first-order valence-corrected chi connectivity index (χ1v) is 9.30. The second-order valence-electron chi connectivity index (χ2n) is 7.23. The summed E-state index contributed by atoms with van der Waals surface area (Å²) in [6.45, 7) is 11.0. The van der Waals surface area contributed by atoms with Crippen LogP contribution in [0.1, 0.15) is 40.7 Å². The molecule has 132 valence electrons. The molecule has 0 spiro atoms. The highest BCUT2D eigenvalue weighted by Crippen LogP contribution is 2.23. The summed E-state index contributed by atoms with van der Waals surface area (Å²) in [7, 11) is 0. The summed E-state index contributed by atoms with van der Waals surface area (Å²) in [6, 6.07) is 6.03. The van der Waals surface area contributed by atoms with Crippen molar-refractivity contribution < 1.29 is 9.53 Å². The Morgan fingerprint density at radius 1 is 1.12 bits per heavy atom. The van der Waals surface area contributed by atoms with Gasteiger partial charge in [-0.1, -0.05) is 12.1 Å². The van der Waals surface area contributed by atoms with Crippen LogP contribution < -0.4 is 0 Å². The highest BCUT2D eigenvalue weighted by molar-refractivity contribution is 5.96. The van der Waals surface area contributed by atoms with Crippen molar-refractivity contribution in [3.63, 3.8) is 0 Å². The van der Waals surface area contributed by atoms with E-state index in [0.29, 0.717) is 0 Å². The fraction of sp³-hybridized carbons (Fsp3) is 0.650. The van der Waals surface area contributed by atoms with E-state index in [-0.39, 0.29) is 5.91 Å². The van der Waals surface area contributed by atoms with Crippen LogP contribution in [0.3, 0.4) is 0 Å². The summed E-state index contributed by atoms with van der Waals surface area (Å²) in [4.78, 5) is 17.3. The van der Waals surface area contributed by atoms with Crippen LogP contribution in [0.2, 0.25) is 0 Å². The number of likely N-dealkylation sites (tertiary alicyclic amines) is 1. The average molecular weight is 330 g/mol. The molecule has 1 amide bonds. The Labute approximate surface area is 145 Å². The Morgan fingerprint density at radius 3 is 2.54 bits per heavy atom. The summed E-state index contributed by atoms with van der Waals surface area (Å²) in [5.41, 5.74) is 3.19. The standard InChI is InChI=1S/C20H30N2O2/c1-16-4-3-5-19(17(16)2)20(23)22-10-7-18(8-11-22)6-9-21-12-14-24-15-13-21/h3-5,18H,6-15H2,1-2H3. The number of morpholine rings is 1. The molecule has 1 aromatic rings. The fourth-order valence-corrected chi connectivity index (χ4v) is 3.77. The van der Waals surface area contributed by atoms with Crippen LogP contribution in [-0.4, -0.2) is 61.6 Å². The first-order chi connectivity index (χ1) is 11.6. The molecule has 0 radical (unpaired) electrons. The number of nitrogens with zero attached hydrogens (tertiary/aromatic N) is 2. The van der Waals surface area contributed by atoms with Gasteiger partial charge in [0.05, 0.1) is 13.2 Å². The van der Waals surface area contributed by atoms with Gasteiger partial charge in [-0.3, -0.25) is 9.69 Å². The lowest BCUT2D eigenvalue weighted by atomic mass is 9.92. The predicted molar refractivity (Wildman–Crippen MR) is 96.4 cm³/mol. The van der Waals surface area contributed by atoms with Gasteiger partial charge in [0.1, 0.15) is 0 Å². The number of hydrogen-bond donors (Lipinski definition) is 0. The first-order valence-electron chi connectivity index (χ1n) is 9.30. The van der Waals surface area contributed by atoms with Crippen molar-refractivity contribution in [2.24, 2.45) is 5.92 Å². The van der Waals surface area contributed by atoms with Crippen molar-refractivity contribution in [2.45, 2.75) is 33.1 Å². The van der Waals surface area contributed by atoms with Crippen molar-refractivity contribution in [2.75, 3.05) is 45.9 Å². The van der Waals surface area contributed by atoms with Crippen LogP contribution >= 0.6 is 0 Å². The minimum atomic E-state index is 0.211. The highest BCUT2D eigenvalue weighted by Gasteiger charge is 2.25. The zero-order chi connectivity index (χ0) is 16.9. The normalized spacial score (nSPS) is 20.3. The number of piperidine rings is 1. The van der Waals surface area contributed by atoms with Gasteiger partial charge in [-0.2, -0.15) is 0 Å². The molecule has 2 aliphatic rings. The van der Waals surface area contributed by atoms with Crippen LogP contribution in [0.4, 0.5) is 0 Å². The van der Waals surface area contributed by atoms with E-state index >= 15 is 0 Å². The molecule has 2 saturated heterocycles. The molecule has 1 aromatic carbocycles. The van der Waals surface area contributed by atoms with Gasteiger partial charge in [0.25, 0.3) is 5.91 Å². The Hall–Kier alpha value is -1.39. The summed E-state index contributed by atoms with van der Waals surface area (Å²) in [5.74, 6) is 0.971. The lowest BCUT2D eigenvalue weighted by Crippen LogP contribution is -2.41. The highest BCUT2D eigenvalue weighted by atomic mass is 16.5. The van der Waals surface area contributed by atoms with Crippen LogP contribution in [-0.2, 0) is 4.74 Å². The third-order valence-electron chi connectivity index (χ3n) is 5.69. The molecule has 0 aliphatic carbocycles. The molecule has 2 aliphatic heterocycles. The molecular weight excluding hydrogens is 300 g/mol. The summed E-state index contributed by atoms with van der Waals surface area (Å²) < 4.78 is 5.41. The summed E-state index contributed by atoms with van der Waals surface area (Å²) in [6.07, 6.45) is 3.54. The maximum Gasteiger partial charge on any atom is 0.254 e. The van der Waals surface area contributed by atoms with Gasteiger partial charge in [0, 0.05) is 31.7 Å². The van der Waals surface area contributed by atoms with Crippen molar-refractivity contribution in [3.05, 3.63) is 34.9 Å². The van der Waals surface area contributed by atoms with Gasteiger partial charge >= 0.3 is 0 Å². The summed E-state index contributed by atoms with van der Waals surface area (Å²) >= 11 is 0. The van der Waals surface area contributed by atoms with Crippen molar-refractivity contribution >= 4 is 5.91 Å². The predicted octanol–water partition coefficient (Wildman–Crippen LogP) is 2.88. The molecular formula is C20H30N2O2. The van der Waals surface area contributed by atoms with Gasteiger partial charge in [-0.05, 0) is 62.8 Å². The molecule has 0 saturated carbocycles. The molecule has 2 heterocycles. The molecule has 24 heavy (non-hydrogen) atoms. The molecule has 0 unspecified atom stereocenters. The Bertz CT molecular complexity index is 559. The zero-order valence-electron chi connectivity index (χ0n) is 15.1. The minimum absolute atomic E-state index is 0.211. The summed E-state index contributed by atoms with van der Waals surface area (Å²) in [5, 5.41) is 0. The van der Waals surface area contributed by atoms with Gasteiger partial charge in [0.15, 0.2) is 0 Å². The zero-order valence-corrected chi connectivity index (χ0v) is 15.1. The smallest absolute Gasteiger partial charge is 0.254 e. The van der Waals surface area contributed by atoms with Crippen LogP contribution in [0.25, 0.3) is 0 Å². The number of hydrogen-bond acceptors (Lipinski definition) is 3. The van der Waals surface area contributed by atoms with Gasteiger partial charge in [-0.25, -0.2) is 0 Å². The Morgan fingerprint density at radius 2 is 1.83 bits per heavy atom. The lowest BCUT2D eigenvalue weighted by molar-refractivity contribution is 0.0332. The number of carbonyl (C=O) groups is 1. The lowest BCUT2D eigenvalue weighted by Gasteiger charge is -2.34. The molecule has 4 heteroatoms. The van der Waals surface area contributed by atoms with E-state index in [2.05, 4.69) is 24.8 Å². The average Bonchev–Trinajstić information content (AvgIpc) is 2.63. The van der Waals surface area contributed by atoms with Gasteiger partial charge < -0.3 is 9.64 Å². The second kappa shape index (κ2) is 8.13. The van der Waals surface area contributed by atoms with Crippen LogP contribution in [0.15, 0.2) is 18.2 Å². The Balaban J connectivity index is 1.47. The SMILES string of the molecule is Cc1cccc(C(=O)N2CCC(CCN3CCOCC3)CC2)c1C. The first kappa shape index (κ1) is 17.4. The van der Waals surface area contributed by atoms with E-state index in [4.69, 9.17) is 4.74 Å². The number of rotatable bonds is 4. The quantitative estimate of drug-likeness (QED) is 0.851. The molecule has 2 fully saturated rings. The molecule has 0 aromatic heterocycles. The molecule has 0 atom stereocenters. The molecule has 0 bridgehead atoms. The van der Waals surface area contributed by atoms with Crippen molar-refractivity contribution in [3.8, 4) is 0 Å². The number of amides is 1. The van der Waals surface area contributed by atoms with E-state index < -0.39 is 0 Å². The fourth-order valence-electron chi connectivity index (χ4n) is 3.77. The van der Waals surface area contributed by atoms with Gasteiger partial charge in [-0.15, -0.1) is 0 Å². The maximum absolute atomic E-state index is 12.8. The number of aryl methyl sites for hydroxylation is 1. The molecule has 3 rings (SSSR count). The van der Waals surface area contributed by atoms with Crippen molar-refractivity contribution in [1.82, 2.24) is 9.80 Å². The van der Waals surface area contributed by atoms with E-state index in [0.717, 1.165) is 69.3 Å². The number of carbonyl (C=O) groups excluding carboxylic acids is 1. The van der Waals surface area contributed by atoms with Crippen molar-refractivity contribution in [1.29, 1.82) is 0 Å². The second-order valence-corrected chi connectivity index (χ2v) is 7.23. The monoisotopic (exact) mass is 330 g/mol. The van der Waals surface area contributed by atoms with E-state index in [1.807, 2.05) is 17.0 Å².